The predicted molar refractivity (Wildman–Crippen MR) is 73.8 cm³/mol. The summed E-state index contributed by atoms with van der Waals surface area (Å²) < 4.78 is 0. The van der Waals surface area contributed by atoms with E-state index in [2.05, 4.69) is 24.1 Å². The zero-order valence-corrected chi connectivity index (χ0v) is 10.9. The van der Waals surface area contributed by atoms with Gasteiger partial charge in [0.25, 0.3) is 0 Å². The summed E-state index contributed by atoms with van der Waals surface area (Å²) in [6.45, 7) is 3.02. The summed E-state index contributed by atoms with van der Waals surface area (Å²) in [5.41, 5.74) is 8.66. The summed E-state index contributed by atoms with van der Waals surface area (Å²) in [6, 6.07) is 5.90. The van der Waals surface area contributed by atoms with E-state index in [4.69, 9.17) is 11.1 Å². The fraction of sp³-hybridized carbons (Fsp3) is 0.417. The van der Waals surface area contributed by atoms with Gasteiger partial charge in [0, 0.05) is 24.9 Å². The van der Waals surface area contributed by atoms with Gasteiger partial charge in [-0.25, -0.2) is 0 Å². The first-order valence-corrected chi connectivity index (χ1v) is 6.61. The number of benzene rings is 1. The third-order valence-corrected chi connectivity index (χ3v) is 3.13. The number of aryl methyl sites for hydroxylation is 1. The van der Waals surface area contributed by atoms with Crippen LogP contribution in [0.3, 0.4) is 0 Å². The van der Waals surface area contributed by atoms with Crippen molar-refractivity contribution >= 4 is 23.3 Å². The van der Waals surface area contributed by atoms with Gasteiger partial charge in [-0.1, -0.05) is 12.1 Å². The minimum atomic E-state index is 0.134. The molecule has 1 aromatic carbocycles. The van der Waals surface area contributed by atoms with Crippen molar-refractivity contribution in [1.29, 1.82) is 5.41 Å². The van der Waals surface area contributed by atoms with E-state index in [0.29, 0.717) is 0 Å². The first kappa shape index (κ1) is 12.9. The predicted octanol–water partition coefficient (Wildman–Crippen LogP) is 2.08. The molecule has 88 valence electrons. The fourth-order valence-corrected chi connectivity index (χ4v) is 2.18. The molecule has 0 saturated heterocycles. The Hall–Kier alpha value is -1.16. The lowest BCUT2D eigenvalue weighted by Gasteiger charge is -2.23. The highest BCUT2D eigenvalue weighted by Gasteiger charge is 2.11. The molecule has 0 fully saturated rings. The van der Waals surface area contributed by atoms with Crippen molar-refractivity contribution in [2.45, 2.75) is 6.92 Å². The molecule has 0 aromatic heterocycles. The second kappa shape index (κ2) is 5.80. The second-order valence-electron chi connectivity index (χ2n) is 3.80. The molecule has 0 aliphatic carbocycles. The van der Waals surface area contributed by atoms with E-state index >= 15 is 0 Å². The zero-order chi connectivity index (χ0) is 12.1. The third kappa shape index (κ3) is 2.92. The summed E-state index contributed by atoms with van der Waals surface area (Å²) in [5, 5.41) is 7.59. The van der Waals surface area contributed by atoms with Crippen molar-refractivity contribution in [3.63, 3.8) is 0 Å². The number of amidine groups is 1. The Balaban J connectivity index is 3.04. The van der Waals surface area contributed by atoms with Gasteiger partial charge in [-0.05, 0) is 24.8 Å². The second-order valence-corrected chi connectivity index (χ2v) is 4.78. The van der Waals surface area contributed by atoms with Crippen LogP contribution in [0.1, 0.15) is 11.1 Å². The number of nitrogens with two attached hydrogens (primary N) is 1. The lowest BCUT2D eigenvalue weighted by molar-refractivity contribution is 0.968. The normalized spacial score (nSPS) is 10.2. The SMILES string of the molecule is CSCCN(C)c1c(C)cccc1C(=N)N. The lowest BCUT2D eigenvalue weighted by Crippen LogP contribution is -2.25. The van der Waals surface area contributed by atoms with Gasteiger partial charge in [-0.2, -0.15) is 11.8 Å². The first-order valence-electron chi connectivity index (χ1n) is 5.22. The summed E-state index contributed by atoms with van der Waals surface area (Å²) in [5.74, 6) is 1.21. The Morgan fingerprint density at radius 3 is 2.75 bits per heavy atom. The van der Waals surface area contributed by atoms with Crippen molar-refractivity contribution in [1.82, 2.24) is 0 Å². The number of nitrogens with zero attached hydrogens (tertiary/aromatic N) is 1. The van der Waals surface area contributed by atoms with Crippen molar-refractivity contribution in [3.8, 4) is 0 Å². The number of rotatable bonds is 5. The lowest BCUT2D eigenvalue weighted by atomic mass is 10.1. The number of thioether (sulfide) groups is 1. The number of para-hydroxylation sites is 1. The quantitative estimate of drug-likeness (QED) is 0.609. The minimum absolute atomic E-state index is 0.134. The Morgan fingerprint density at radius 1 is 1.50 bits per heavy atom. The van der Waals surface area contributed by atoms with Crippen molar-refractivity contribution in [2.24, 2.45) is 5.73 Å². The number of nitrogen functional groups attached to an aromatic ring is 1. The number of hydrogen-bond donors (Lipinski definition) is 2. The van der Waals surface area contributed by atoms with Crippen molar-refractivity contribution in [3.05, 3.63) is 29.3 Å². The Bertz CT molecular complexity index is 377. The van der Waals surface area contributed by atoms with Crippen LogP contribution in [0.25, 0.3) is 0 Å². The molecular weight excluding hydrogens is 218 g/mol. The average Bonchev–Trinajstić information content (AvgIpc) is 2.25. The van der Waals surface area contributed by atoms with E-state index in [1.807, 2.05) is 30.9 Å². The van der Waals surface area contributed by atoms with Gasteiger partial charge in [0.2, 0.25) is 0 Å². The van der Waals surface area contributed by atoms with Crippen molar-refractivity contribution in [2.75, 3.05) is 30.5 Å². The fourth-order valence-electron chi connectivity index (χ4n) is 1.72. The zero-order valence-electron chi connectivity index (χ0n) is 10.1. The largest absolute Gasteiger partial charge is 0.384 e. The Labute approximate surface area is 102 Å². The molecule has 0 saturated carbocycles. The monoisotopic (exact) mass is 237 g/mol. The summed E-state index contributed by atoms with van der Waals surface area (Å²) >= 11 is 1.82. The van der Waals surface area contributed by atoms with E-state index in [0.717, 1.165) is 29.1 Å². The molecule has 0 aliphatic heterocycles. The molecule has 0 unspecified atom stereocenters. The van der Waals surface area contributed by atoms with Crippen LogP contribution in [-0.4, -0.2) is 31.4 Å². The Kier molecular flexibility index (Phi) is 4.68. The summed E-state index contributed by atoms with van der Waals surface area (Å²) in [6.07, 6.45) is 2.09. The van der Waals surface area contributed by atoms with E-state index in [9.17, 15) is 0 Å². The third-order valence-electron chi connectivity index (χ3n) is 2.54. The summed E-state index contributed by atoms with van der Waals surface area (Å²) in [7, 11) is 2.05. The molecule has 0 bridgehead atoms. The van der Waals surface area contributed by atoms with E-state index in [-0.39, 0.29) is 5.84 Å². The van der Waals surface area contributed by atoms with Gasteiger partial charge in [-0.15, -0.1) is 0 Å². The highest BCUT2D eigenvalue weighted by molar-refractivity contribution is 7.98. The van der Waals surface area contributed by atoms with Crippen LogP contribution in [0.15, 0.2) is 18.2 Å². The van der Waals surface area contributed by atoms with E-state index < -0.39 is 0 Å². The van der Waals surface area contributed by atoms with Gasteiger partial charge >= 0.3 is 0 Å². The van der Waals surface area contributed by atoms with E-state index in [1.165, 1.54) is 0 Å². The average molecular weight is 237 g/mol. The molecule has 1 rings (SSSR count). The van der Waals surface area contributed by atoms with Gasteiger partial charge in [0.15, 0.2) is 0 Å². The Morgan fingerprint density at radius 2 is 2.19 bits per heavy atom. The molecule has 0 radical (unpaired) electrons. The number of anilines is 1. The van der Waals surface area contributed by atoms with Gasteiger partial charge in [0.05, 0.1) is 5.69 Å². The van der Waals surface area contributed by atoms with Crippen LogP contribution in [-0.2, 0) is 0 Å². The number of nitrogens with one attached hydrogen (secondary N) is 1. The van der Waals surface area contributed by atoms with Gasteiger partial charge in [-0.3, -0.25) is 5.41 Å². The molecule has 3 nitrogen and oxygen atoms in total. The van der Waals surface area contributed by atoms with Gasteiger partial charge in [0.1, 0.15) is 5.84 Å². The molecule has 0 spiro atoms. The van der Waals surface area contributed by atoms with E-state index in [1.54, 1.807) is 0 Å². The van der Waals surface area contributed by atoms with Crippen LogP contribution in [0.4, 0.5) is 5.69 Å². The molecule has 0 atom stereocenters. The van der Waals surface area contributed by atoms with Crippen molar-refractivity contribution < 1.29 is 0 Å². The molecule has 0 heterocycles. The first-order chi connectivity index (χ1) is 7.57. The summed E-state index contributed by atoms with van der Waals surface area (Å²) in [4.78, 5) is 2.17. The van der Waals surface area contributed by atoms with Crippen LogP contribution < -0.4 is 10.6 Å². The molecule has 0 amide bonds. The molecule has 3 N–H and O–H groups in total. The highest BCUT2D eigenvalue weighted by Crippen LogP contribution is 2.23. The topological polar surface area (TPSA) is 53.1 Å². The highest BCUT2D eigenvalue weighted by atomic mass is 32.2. The smallest absolute Gasteiger partial charge is 0.124 e. The molecule has 1 aromatic rings. The molecule has 4 heteroatoms. The van der Waals surface area contributed by atoms with Crippen LogP contribution in [0, 0.1) is 12.3 Å². The van der Waals surface area contributed by atoms with Gasteiger partial charge < -0.3 is 10.6 Å². The van der Waals surface area contributed by atoms with Crippen LogP contribution in [0.2, 0.25) is 0 Å². The maximum atomic E-state index is 7.59. The maximum Gasteiger partial charge on any atom is 0.124 e. The van der Waals surface area contributed by atoms with Crippen LogP contribution in [0.5, 0.6) is 0 Å². The molecule has 16 heavy (non-hydrogen) atoms. The number of hydrogen-bond acceptors (Lipinski definition) is 3. The van der Waals surface area contributed by atoms with Crippen LogP contribution >= 0.6 is 11.8 Å². The molecule has 0 aliphatic rings. The molecular formula is C12H19N3S. The maximum absolute atomic E-state index is 7.59. The standard InChI is InChI=1S/C12H19N3S/c1-9-5-4-6-10(12(13)14)11(9)15(2)7-8-16-3/h4-6H,7-8H2,1-3H3,(H3,13,14). The minimum Gasteiger partial charge on any atom is -0.384 e.